The van der Waals surface area contributed by atoms with Crippen molar-refractivity contribution in [1.82, 2.24) is 19.6 Å². The highest BCUT2D eigenvalue weighted by Gasteiger charge is 2.49. The molecule has 4 bridgehead atoms. The monoisotopic (exact) mass is 682 g/mol. The van der Waals surface area contributed by atoms with E-state index in [2.05, 4.69) is 79.6 Å². The summed E-state index contributed by atoms with van der Waals surface area (Å²) in [6.45, 7) is 13.0. The number of fused-ring (bicyclic) bond motifs is 10. The van der Waals surface area contributed by atoms with Gasteiger partial charge in [0.2, 0.25) is 0 Å². The molecule has 0 saturated heterocycles. The predicted octanol–water partition coefficient (Wildman–Crippen LogP) is 8.64. The Bertz CT molecular complexity index is 1870. The third-order valence-corrected chi connectivity index (χ3v) is 11.9. The van der Waals surface area contributed by atoms with Crippen molar-refractivity contribution >= 4 is 29.1 Å². The molecule has 2 saturated carbocycles. The number of rotatable bonds is 5. The molecule has 4 aromatic rings. The van der Waals surface area contributed by atoms with E-state index in [0.29, 0.717) is 34.6 Å². The number of amides is 2. The van der Waals surface area contributed by atoms with Gasteiger partial charge in [-0.25, -0.2) is 0 Å². The number of nitrogens with zero attached hydrogens (tertiary/aromatic N) is 4. The van der Waals surface area contributed by atoms with E-state index < -0.39 is 5.91 Å². The van der Waals surface area contributed by atoms with Crippen molar-refractivity contribution in [2.24, 2.45) is 43.5 Å². The maximum absolute atomic E-state index is 12.7. The minimum Gasteiger partial charge on any atom is -0.365 e. The molecule has 8 rings (SSSR count). The fourth-order valence-corrected chi connectivity index (χ4v) is 10.2. The van der Waals surface area contributed by atoms with Crippen LogP contribution in [-0.2, 0) is 14.1 Å². The van der Waals surface area contributed by atoms with Crippen molar-refractivity contribution < 1.29 is 9.59 Å². The van der Waals surface area contributed by atoms with Crippen molar-refractivity contribution in [1.29, 1.82) is 0 Å². The summed E-state index contributed by atoms with van der Waals surface area (Å²) in [5.41, 5.74) is 14.5. The van der Waals surface area contributed by atoms with Crippen molar-refractivity contribution in [3.63, 3.8) is 0 Å². The molecule has 260 valence electrons. The van der Waals surface area contributed by atoms with Gasteiger partial charge in [-0.05, 0) is 121 Å². The number of aromatic nitrogens is 4. The first-order chi connectivity index (χ1) is 23.3. The quantitative estimate of drug-likeness (QED) is 0.220. The lowest BCUT2D eigenvalue weighted by molar-refractivity contribution is 0.0997. The molecular weight excluding hydrogens is 632 g/mol. The maximum Gasteiger partial charge on any atom is 0.259 e. The molecule has 2 heterocycles. The number of hydrogen-bond acceptors (Lipinski definition) is 4. The first kappa shape index (κ1) is 34.9. The largest absolute Gasteiger partial charge is 0.365 e. The Balaban J connectivity index is 0.000000142. The number of benzene rings is 2. The Hall–Kier alpha value is -3.91. The number of nitrogens with two attached hydrogens (primary N) is 1. The van der Waals surface area contributed by atoms with Gasteiger partial charge in [0.15, 0.2) is 0 Å². The number of halogens is 1. The van der Waals surface area contributed by atoms with Crippen LogP contribution in [0, 0.1) is 37.5 Å². The second kappa shape index (κ2) is 13.8. The van der Waals surface area contributed by atoms with Crippen LogP contribution in [0.5, 0.6) is 0 Å². The molecule has 9 heteroatoms. The molecule has 8 nitrogen and oxygen atoms in total. The fraction of sp³-hybridized carbons (Fsp3) is 0.500. The summed E-state index contributed by atoms with van der Waals surface area (Å²) in [5.74, 6) is 5.35. The van der Waals surface area contributed by atoms with Crippen LogP contribution in [0.15, 0.2) is 48.8 Å². The normalized spacial score (nSPS) is 23.9. The van der Waals surface area contributed by atoms with Gasteiger partial charge in [0.1, 0.15) is 0 Å². The third-order valence-electron chi connectivity index (χ3n) is 11.5. The molecule has 4 aliphatic carbocycles. The second-order valence-corrected chi connectivity index (χ2v) is 15.6. The number of carbonyl (C=O) groups excluding carboxylic acids is 2. The lowest BCUT2D eigenvalue weighted by Gasteiger charge is -2.21. The Morgan fingerprint density at radius 2 is 1.22 bits per heavy atom. The molecule has 2 aromatic carbocycles. The van der Waals surface area contributed by atoms with E-state index in [9.17, 15) is 9.59 Å². The zero-order valence-corrected chi connectivity index (χ0v) is 30.9. The van der Waals surface area contributed by atoms with Crippen molar-refractivity contribution in [2.45, 2.75) is 90.9 Å². The second-order valence-electron chi connectivity index (χ2n) is 15.2. The summed E-state index contributed by atoms with van der Waals surface area (Å²) in [7, 11) is 3.59. The van der Waals surface area contributed by atoms with Crippen molar-refractivity contribution in [2.75, 3.05) is 5.32 Å². The lowest BCUT2D eigenvalue weighted by atomic mass is 9.85. The van der Waals surface area contributed by atoms with Crippen LogP contribution in [0.25, 0.3) is 0 Å². The Morgan fingerprint density at radius 3 is 1.67 bits per heavy atom. The number of nitrogens with one attached hydrogen (secondary N) is 1. The SMILES string of the molecule is CC(C)C1C2CCC1c1c(Cl)cccc12.Cc1nn(C)cc1C(=O)Nc1cccc2c1C1CCC2C1C(C)C.Cc1nn(C)cc1C(N)=O. The molecule has 4 aliphatic rings. The van der Waals surface area contributed by atoms with Gasteiger partial charge in [0, 0.05) is 37.2 Å². The lowest BCUT2D eigenvalue weighted by Crippen LogP contribution is -2.15. The molecule has 2 aromatic heterocycles. The van der Waals surface area contributed by atoms with Gasteiger partial charge < -0.3 is 11.1 Å². The number of hydrogen-bond donors (Lipinski definition) is 2. The van der Waals surface area contributed by atoms with Crippen molar-refractivity contribution in [3.8, 4) is 0 Å². The first-order valence-corrected chi connectivity index (χ1v) is 18.2. The van der Waals surface area contributed by atoms with Gasteiger partial charge in [-0.1, -0.05) is 63.6 Å². The van der Waals surface area contributed by atoms with Gasteiger partial charge >= 0.3 is 0 Å². The van der Waals surface area contributed by atoms with Crippen LogP contribution in [0.2, 0.25) is 5.02 Å². The van der Waals surface area contributed by atoms with E-state index in [4.69, 9.17) is 17.3 Å². The molecule has 6 atom stereocenters. The first-order valence-electron chi connectivity index (χ1n) is 17.8. The predicted molar refractivity (Wildman–Crippen MR) is 196 cm³/mol. The summed E-state index contributed by atoms with van der Waals surface area (Å²) in [6, 6.07) is 12.9. The van der Waals surface area contributed by atoms with E-state index in [1.54, 1.807) is 41.3 Å². The molecule has 2 amide bonds. The van der Waals surface area contributed by atoms with Crippen molar-refractivity contribution in [3.05, 3.63) is 98.6 Å². The number of anilines is 1. The molecule has 6 unspecified atom stereocenters. The summed E-state index contributed by atoms with van der Waals surface area (Å²) < 4.78 is 3.26. The summed E-state index contributed by atoms with van der Waals surface area (Å²) in [4.78, 5) is 23.3. The molecule has 0 aliphatic heterocycles. The van der Waals surface area contributed by atoms with E-state index in [-0.39, 0.29) is 5.91 Å². The van der Waals surface area contributed by atoms with Gasteiger partial charge in [0.05, 0.1) is 22.5 Å². The van der Waals surface area contributed by atoms with Gasteiger partial charge in [-0.3, -0.25) is 19.0 Å². The molecule has 3 N–H and O–H groups in total. The van der Waals surface area contributed by atoms with E-state index in [1.807, 2.05) is 14.0 Å². The molecule has 49 heavy (non-hydrogen) atoms. The third kappa shape index (κ3) is 6.44. The molecule has 0 spiro atoms. The highest BCUT2D eigenvalue weighted by Crippen LogP contribution is 2.62. The van der Waals surface area contributed by atoms with Crippen LogP contribution < -0.4 is 11.1 Å². The molecule has 2 fully saturated rings. The summed E-state index contributed by atoms with van der Waals surface area (Å²) in [6.07, 6.45) is 8.67. The summed E-state index contributed by atoms with van der Waals surface area (Å²) in [5, 5.41) is 12.4. The van der Waals surface area contributed by atoms with Crippen LogP contribution >= 0.6 is 11.6 Å². The minimum atomic E-state index is -0.425. The number of carbonyl (C=O) groups is 2. The van der Waals surface area contributed by atoms with E-state index >= 15 is 0 Å². The Kier molecular flexibility index (Phi) is 9.82. The van der Waals surface area contributed by atoms with Crippen LogP contribution in [-0.4, -0.2) is 31.4 Å². The zero-order chi connectivity index (χ0) is 35.3. The smallest absolute Gasteiger partial charge is 0.259 e. The van der Waals surface area contributed by atoms with Crippen LogP contribution in [0.3, 0.4) is 0 Å². The summed E-state index contributed by atoms with van der Waals surface area (Å²) >= 11 is 6.33. The number of primary amides is 1. The fourth-order valence-electron chi connectivity index (χ4n) is 9.86. The average Bonchev–Trinajstić information content (AvgIpc) is 3.88. The standard InChI is InChI=1S/C20H25N3O.C14H17Cl.C6H9N3O/c1-11(2)18-14-8-9-15(18)19-13(14)6-5-7-17(19)21-20(24)16-10-23(4)22-12(16)3;1-8(2)13-10-6-7-11(13)14-9(10)4-3-5-12(14)15;1-4-5(6(7)10)3-9(2)8-4/h5-7,10-11,14-15,18H,8-9H2,1-4H3,(H,21,24);3-5,8,10-11,13H,6-7H2,1-2H3;3H,1-2H3,(H2,7,10). The number of aryl methyl sites for hydroxylation is 4. The highest BCUT2D eigenvalue weighted by molar-refractivity contribution is 6.31. The Morgan fingerprint density at radius 1 is 0.755 bits per heavy atom. The van der Waals surface area contributed by atoms with E-state index in [1.165, 1.54) is 42.4 Å². The molecular formula is C40H51ClN6O2. The molecule has 0 radical (unpaired) electrons. The average molecular weight is 683 g/mol. The highest BCUT2D eigenvalue weighted by atomic mass is 35.5. The minimum absolute atomic E-state index is 0.0575. The maximum atomic E-state index is 12.7. The van der Waals surface area contributed by atoms with E-state index in [0.717, 1.165) is 46.0 Å². The topological polar surface area (TPSA) is 108 Å². The van der Waals surface area contributed by atoms with Gasteiger partial charge in [-0.2, -0.15) is 10.2 Å². The van der Waals surface area contributed by atoms with Gasteiger partial charge in [-0.15, -0.1) is 0 Å². The van der Waals surface area contributed by atoms with Crippen LogP contribution in [0.4, 0.5) is 5.69 Å². The van der Waals surface area contributed by atoms with Crippen LogP contribution in [0.1, 0.15) is 131 Å². The Labute approximate surface area is 295 Å². The van der Waals surface area contributed by atoms with Gasteiger partial charge in [0.25, 0.3) is 11.8 Å². The zero-order valence-electron chi connectivity index (χ0n) is 30.1.